The number of fused-ring (bicyclic) bond motifs is 1. The Balaban J connectivity index is 1.36. The SMILES string of the molecule is Cc1ccc(/C=C2\Sc3ccccc3N(CC(=O)NCCCN(Cc3ccccc3)C(C)C)C2=O)cc1. The van der Waals surface area contributed by atoms with Gasteiger partial charge in [0.25, 0.3) is 5.91 Å². The van der Waals surface area contributed by atoms with Crippen molar-refractivity contribution in [3.05, 3.63) is 100 Å². The van der Waals surface area contributed by atoms with Crippen LogP contribution in [0, 0.1) is 6.92 Å². The number of carbonyl (C=O) groups is 2. The highest BCUT2D eigenvalue weighted by molar-refractivity contribution is 8.04. The molecule has 192 valence electrons. The van der Waals surface area contributed by atoms with Gasteiger partial charge in [0, 0.05) is 30.6 Å². The lowest BCUT2D eigenvalue weighted by molar-refractivity contribution is -0.122. The number of aryl methyl sites for hydroxylation is 1. The van der Waals surface area contributed by atoms with E-state index in [0.29, 0.717) is 17.5 Å². The van der Waals surface area contributed by atoms with Gasteiger partial charge < -0.3 is 5.32 Å². The van der Waals surface area contributed by atoms with Gasteiger partial charge in [0.2, 0.25) is 5.91 Å². The van der Waals surface area contributed by atoms with Crippen molar-refractivity contribution in [1.29, 1.82) is 0 Å². The first-order chi connectivity index (χ1) is 17.9. The number of nitrogens with zero attached hydrogens (tertiary/aromatic N) is 2. The second-order valence-electron chi connectivity index (χ2n) is 9.63. The first-order valence-corrected chi connectivity index (χ1v) is 13.6. The van der Waals surface area contributed by atoms with E-state index in [1.807, 2.05) is 67.6 Å². The quantitative estimate of drug-likeness (QED) is 0.271. The third kappa shape index (κ3) is 7.34. The van der Waals surface area contributed by atoms with Gasteiger partial charge in [-0.3, -0.25) is 19.4 Å². The molecule has 4 rings (SSSR count). The fourth-order valence-electron chi connectivity index (χ4n) is 4.28. The standard InChI is InChI=1S/C31H35N3O2S/c1-23(2)33(21-26-10-5-4-6-11-26)19-9-18-32-30(35)22-34-27-12-7-8-13-28(27)37-29(31(34)36)20-25-16-14-24(3)15-17-25/h4-8,10-17,20,23H,9,18-19,21-22H2,1-3H3,(H,32,35)/b29-20-. The number of anilines is 1. The first kappa shape index (κ1) is 26.7. The molecule has 0 unspecified atom stereocenters. The van der Waals surface area contributed by atoms with Gasteiger partial charge in [-0.15, -0.1) is 0 Å². The van der Waals surface area contributed by atoms with Crippen LogP contribution in [0.3, 0.4) is 0 Å². The Bertz CT molecular complexity index is 1240. The Hall–Kier alpha value is -3.35. The number of thioether (sulfide) groups is 1. The summed E-state index contributed by atoms with van der Waals surface area (Å²) in [5, 5.41) is 3.02. The zero-order valence-electron chi connectivity index (χ0n) is 21.8. The minimum absolute atomic E-state index is 0.000442. The van der Waals surface area contributed by atoms with Crippen molar-refractivity contribution in [2.75, 3.05) is 24.5 Å². The molecule has 0 atom stereocenters. The summed E-state index contributed by atoms with van der Waals surface area (Å²) in [6.07, 6.45) is 2.75. The summed E-state index contributed by atoms with van der Waals surface area (Å²) >= 11 is 1.46. The summed E-state index contributed by atoms with van der Waals surface area (Å²) in [6, 6.07) is 26.7. The van der Waals surface area contributed by atoms with Gasteiger partial charge in [-0.05, 0) is 56.5 Å². The third-order valence-electron chi connectivity index (χ3n) is 6.41. The summed E-state index contributed by atoms with van der Waals surface area (Å²) in [5.41, 5.74) is 4.21. The van der Waals surface area contributed by atoms with Gasteiger partial charge in [-0.1, -0.05) is 84.1 Å². The maximum Gasteiger partial charge on any atom is 0.265 e. The van der Waals surface area contributed by atoms with E-state index < -0.39 is 0 Å². The van der Waals surface area contributed by atoms with Gasteiger partial charge in [0.05, 0.1) is 10.6 Å². The predicted octanol–water partition coefficient (Wildman–Crippen LogP) is 5.89. The van der Waals surface area contributed by atoms with E-state index in [-0.39, 0.29) is 18.4 Å². The van der Waals surface area contributed by atoms with E-state index in [1.54, 1.807) is 4.90 Å². The van der Waals surface area contributed by atoms with Crippen LogP contribution in [0.2, 0.25) is 0 Å². The number of nitrogens with one attached hydrogen (secondary N) is 1. The van der Waals surface area contributed by atoms with E-state index in [9.17, 15) is 9.59 Å². The van der Waals surface area contributed by atoms with Crippen molar-refractivity contribution < 1.29 is 9.59 Å². The molecule has 3 aromatic rings. The molecule has 1 aliphatic heterocycles. The molecule has 3 aromatic carbocycles. The summed E-state index contributed by atoms with van der Waals surface area (Å²) in [5.74, 6) is -0.294. The third-order valence-corrected chi connectivity index (χ3v) is 7.49. The average molecular weight is 514 g/mol. The lowest BCUT2D eigenvalue weighted by Crippen LogP contribution is -2.43. The molecule has 6 heteroatoms. The van der Waals surface area contributed by atoms with Crippen molar-refractivity contribution in [1.82, 2.24) is 10.2 Å². The van der Waals surface area contributed by atoms with Crippen molar-refractivity contribution in [3.63, 3.8) is 0 Å². The van der Waals surface area contributed by atoms with E-state index >= 15 is 0 Å². The van der Waals surface area contributed by atoms with E-state index in [4.69, 9.17) is 0 Å². The van der Waals surface area contributed by atoms with Crippen LogP contribution in [0.1, 0.15) is 37.0 Å². The van der Waals surface area contributed by atoms with Crippen LogP contribution >= 0.6 is 11.8 Å². The van der Waals surface area contributed by atoms with Crippen LogP contribution in [0.15, 0.2) is 88.7 Å². The smallest absolute Gasteiger partial charge is 0.265 e. The number of hydrogen-bond donors (Lipinski definition) is 1. The summed E-state index contributed by atoms with van der Waals surface area (Å²) in [7, 11) is 0. The molecule has 0 fully saturated rings. The second-order valence-corrected chi connectivity index (χ2v) is 10.7. The fraction of sp³-hybridized carbons (Fsp3) is 0.290. The number of benzene rings is 3. The summed E-state index contributed by atoms with van der Waals surface area (Å²) < 4.78 is 0. The zero-order valence-corrected chi connectivity index (χ0v) is 22.6. The first-order valence-electron chi connectivity index (χ1n) is 12.8. The Morgan fingerprint density at radius 1 is 1.00 bits per heavy atom. The number of carbonyl (C=O) groups excluding carboxylic acids is 2. The van der Waals surface area contributed by atoms with Gasteiger partial charge in [0.15, 0.2) is 0 Å². The van der Waals surface area contributed by atoms with Gasteiger partial charge in [-0.25, -0.2) is 0 Å². The molecule has 0 spiro atoms. The topological polar surface area (TPSA) is 52.7 Å². The Morgan fingerprint density at radius 2 is 1.70 bits per heavy atom. The zero-order chi connectivity index (χ0) is 26.2. The van der Waals surface area contributed by atoms with Crippen molar-refractivity contribution in [2.45, 2.75) is 44.7 Å². The van der Waals surface area contributed by atoms with Gasteiger partial charge >= 0.3 is 0 Å². The van der Waals surface area contributed by atoms with E-state index in [1.165, 1.54) is 22.9 Å². The van der Waals surface area contributed by atoms with Crippen LogP contribution in [0.4, 0.5) is 5.69 Å². The molecular weight excluding hydrogens is 478 g/mol. The summed E-state index contributed by atoms with van der Waals surface area (Å²) in [6.45, 7) is 8.78. The van der Waals surface area contributed by atoms with Crippen LogP contribution in [0.25, 0.3) is 6.08 Å². The van der Waals surface area contributed by atoms with Gasteiger partial charge in [0.1, 0.15) is 6.54 Å². The molecule has 0 radical (unpaired) electrons. The minimum atomic E-state index is -0.149. The molecule has 0 saturated carbocycles. The number of hydrogen-bond acceptors (Lipinski definition) is 4. The molecule has 1 aliphatic rings. The van der Waals surface area contributed by atoms with Crippen molar-refractivity contribution in [3.8, 4) is 0 Å². The highest BCUT2D eigenvalue weighted by Crippen LogP contribution is 2.41. The maximum atomic E-state index is 13.4. The molecule has 0 saturated heterocycles. The molecule has 1 N–H and O–H groups in total. The highest BCUT2D eigenvalue weighted by atomic mass is 32.2. The van der Waals surface area contributed by atoms with Crippen LogP contribution in [-0.4, -0.2) is 42.4 Å². The molecule has 0 aliphatic carbocycles. The largest absolute Gasteiger partial charge is 0.355 e. The predicted molar refractivity (Wildman–Crippen MR) is 153 cm³/mol. The van der Waals surface area contributed by atoms with Crippen molar-refractivity contribution in [2.24, 2.45) is 0 Å². The Morgan fingerprint density at radius 3 is 2.43 bits per heavy atom. The number of rotatable bonds is 10. The summed E-state index contributed by atoms with van der Waals surface area (Å²) in [4.78, 5) is 31.9. The highest BCUT2D eigenvalue weighted by Gasteiger charge is 2.30. The molecule has 5 nitrogen and oxygen atoms in total. The van der Waals surface area contributed by atoms with Crippen molar-refractivity contribution >= 4 is 35.3 Å². The maximum absolute atomic E-state index is 13.4. The fourth-order valence-corrected chi connectivity index (χ4v) is 5.34. The molecular formula is C31H35N3O2S. The average Bonchev–Trinajstić information content (AvgIpc) is 2.90. The lowest BCUT2D eigenvalue weighted by Gasteiger charge is -2.30. The lowest BCUT2D eigenvalue weighted by atomic mass is 10.1. The molecule has 37 heavy (non-hydrogen) atoms. The van der Waals surface area contributed by atoms with E-state index in [2.05, 4.69) is 48.3 Å². The molecule has 1 heterocycles. The normalized spacial score (nSPS) is 14.4. The van der Waals surface area contributed by atoms with Crippen LogP contribution < -0.4 is 10.2 Å². The number of amides is 2. The number of para-hydroxylation sites is 1. The molecule has 0 aromatic heterocycles. The monoisotopic (exact) mass is 513 g/mol. The van der Waals surface area contributed by atoms with E-state index in [0.717, 1.165) is 35.7 Å². The molecule has 0 bridgehead atoms. The van der Waals surface area contributed by atoms with Crippen LogP contribution in [0.5, 0.6) is 0 Å². The Labute approximate surface area is 224 Å². The Kier molecular flexibility index (Phi) is 9.20. The van der Waals surface area contributed by atoms with Gasteiger partial charge in [-0.2, -0.15) is 0 Å². The minimum Gasteiger partial charge on any atom is -0.355 e. The van der Waals surface area contributed by atoms with Crippen LogP contribution in [-0.2, 0) is 16.1 Å². The molecule has 2 amide bonds. The second kappa shape index (κ2) is 12.7.